The third-order valence-corrected chi connectivity index (χ3v) is 6.29. The second-order valence-electron chi connectivity index (χ2n) is 8.73. The van der Waals surface area contributed by atoms with Gasteiger partial charge in [-0.05, 0) is 72.9 Å². The molecule has 0 fully saturated rings. The van der Waals surface area contributed by atoms with E-state index in [4.69, 9.17) is 14.6 Å². The summed E-state index contributed by atoms with van der Waals surface area (Å²) >= 11 is 0. The van der Waals surface area contributed by atoms with Crippen molar-refractivity contribution in [2.45, 2.75) is 45.1 Å². The third-order valence-electron chi connectivity index (χ3n) is 6.29. The van der Waals surface area contributed by atoms with Crippen molar-refractivity contribution in [1.82, 2.24) is 0 Å². The summed E-state index contributed by atoms with van der Waals surface area (Å²) in [4.78, 5) is 11.2. The molecule has 0 amide bonds. The second-order valence-corrected chi connectivity index (χ2v) is 8.73. The summed E-state index contributed by atoms with van der Waals surface area (Å²) in [7, 11) is 3.23. The average molecular weight is 463 g/mol. The van der Waals surface area contributed by atoms with Gasteiger partial charge < -0.3 is 19.7 Å². The fourth-order valence-corrected chi connectivity index (χ4v) is 4.48. The monoisotopic (exact) mass is 462 g/mol. The first-order valence-corrected chi connectivity index (χ1v) is 11.7. The lowest BCUT2D eigenvalue weighted by Crippen LogP contribution is -2.17. The summed E-state index contributed by atoms with van der Waals surface area (Å²) in [5.41, 5.74) is 4.71. The molecule has 1 unspecified atom stereocenters. The van der Waals surface area contributed by atoms with E-state index in [1.165, 1.54) is 5.56 Å². The molecule has 3 aromatic carbocycles. The zero-order chi connectivity index (χ0) is 24.5. The minimum atomic E-state index is -0.851. The summed E-state index contributed by atoms with van der Waals surface area (Å²) in [6.45, 7) is 1.93. The van der Waals surface area contributed by atoms with Crippen LogP contribution in [0.15, 0.2) is 66.7 Å². The molecule has 0 radical (unpaired) electrons. The van der Waals surface area contributed by atoms with Crippen molar-refractivity contribution < 1.29 is 24.5 Å². The first kappa shape index (κ1) is 25.3. The molecular formula is C29H34O5. The van der Waals surface area contributed by atoms with Gasteiger partial charge in [0, 0.05) is 5.56 Å². The number of methoxy groups -OCH3 is 2. The van der Waals surface area contributed by atoms with Gasteiger partial charge in [-0.1, -0.05) is 54.6 Å². The van der Waals surface area contributed by atoms with Gasteiger partial charge in [0.05, 0.1) is 26.7 Å². The Labute approximate surface area is 202 Å². The molecule has 0 saturated heterocycles. The summed E-state index contributed by atoms with van der Waals surface area (Å²) in [5.74, 6) is 0.455. The Kier molecular flexibility index (Phi) is 9.11. The van der Waals surface area contributed by atoms with Crippen molar-refractivity contribution in [1.29, 1.82) is 0 Å². The van der Waals surface area contributed by atoms with Crippen molar-refractivity contribution in [2.75, 3.05) is 14.2 Å². The van der Waals surface area contributed by atoms with Crippen LogP contribution in [0.3, 0.4) is 0 Å². The molecule has 0 aliphatic carbocycles. The molecule has 0 heterocycles. The number of aliphatic carboxylic acids is 1. The quantitative estimate of drug-likeness (QED) is 0.369. The summed E-state index contributed by atoms with van der Waals surface area (Å²) in [5, 5.41) is 20.6. The first-order chi connectivity index (χ1) is 16.4. The van der Waals surface area contributed by atoms with Crippen LogP contribution in [0.2, 0.25) is 0 Å². The van der Waals surface area contributed by atoms with Gasteiger partial charge in [0.15, 0.2) is 0 Å². The zero-order valence-corrected chi connectivity index (χ0v) is 20.2. The van der Waals surface area contributed by atoms with Gasteiger partial charge >= 0.3 is 5.97 Å². The van der Waals surface area contributed by atoms with Crippen molar-refractivity contribution in [3.63, 3.8) is 0 Å². The largest absolute Gasteiger partial charge is 0.496 e. The van der Waals surface area contributed by atoms with Crippen molar-refractivity contribution >= 4 is 5.97 Å². The van der Waals surface area contributed by atoms with Crippen molar-refractivity contribution in [3.05, 3.63) is 94.5 Å². The summed E-state index contributed by atoms with van der Waals surface area (Å²) in [6.07, 6.45) is 2.59. The van der Waals surface area contributed by atoms with E-state index in [2.05, 4.69) is 12.1 Å². The number of carboxylic acids is 1. The molecule has 0 aliphatic rings. The van der Waals surface area contributed by atoms with Crippen LogP contribution in [0.25, 0.3) is 0 Å². The van der Waals surface area contributed by atoms with Gasteiger partial charge in [0.25, 0.3) is 0 Å². The number of aryl methyl sites for hydroxylation is 1. The van der Waals surface area contributed by atoms with E-state index < -0.39 is 12.1 Å². The third kappa shape index (κ3) is 6.84. The average Bonchev–Trinajstić information content (AvgIpc) is 2.83. The van der Waals surface area contributed by atoms with Gasteiger partial charge in [-0.25, -0.2) is 0 Å². The van der Waals surface area contributed by atoms with E-state index >= 15 is 0 Å². The number of carbonyl (C=O) groups is 1. The normalized spacial score (nSPS) is 12.7. The molecule has 5 heteroatoms. The maximum Gasteiger partial charge on any atom is 0.307 e. The van der Waals surface area contributed by atoms with E-state index in [1.54, 1.807) is 14.2 Å². The Morgan fingerprint density at radius 1 is 0.882 bits per heavy atom. The number of benzene rings is 3. The van der Waals surface area contributed by atoms with Crippen LogP contribution in [-0.2, 0) is 24.1 Å². The maximum atomic E-state index is 11.5. The van der Waals surface area contributed by atoms with Crippen LogP contribution in [0.4, 0.5) is 0 Å². The van der Waals surface area contributed by atoms with Crippen LogP contribution < -0.4 is 9.47 Å². The van der Waals surface area contributed by atoms with E-state index in [-0.39, 0.29) is 12.3 Å². The zero-order valence-electron chi connectivity index (χ0n) is 20.2. The van der Waals surface area contributed by atoms with Gasteiger partial charge in [-0.15, -0.1) is 0 Å². The van der Waals surface area contributed by atoms with Crippen molar-refractivity contribution in [3.8, 4) is 11.5 Å². The Balaban J connectivity index is 1.85. The van der Waals surface area contributed by atoms with Crippen LogP contribution in [0.1, 0.15) is 46.8 Å². The highest BCUT2D eigenvalue weighted by Crippen LogP contribution is 2.36. The molecule has 0 aliphatic heterocycles. The summed E-state index contributed by atoms with van der Waals surface area (Å²) in [6, 6.07) is 21.8. The number of aliphatic hydroxyl groups excluding tert-OH is 1. The molecular weight excluding hydrogens is 428 g/mol. The number of ether oxygens (including phenoxy) is 2. The van der Waals surface area contributed by atoms with E-state index in [0.29, 0.717) is 17.9 Å². The molecule has 5 nitrogen and oxygen atoms in total. The van der Waals surface area contributed by atoms with Gasteiger partial charge in [0.1, 0.15) is 11.5 Å². The molecule has 0 saturated carbocycles. The predicted octanol–water partition coefficient (Wildman–Crippen LogP) is 5.55. The van der Waals surface area contributed by atoms with E-state index in [1.807, 2.05) is 61.5 Å². The molecule has 2 atom stereocenters. The van der Waals surface area contributed by atoms with Gasteiger partial charge in [-0.2, -0.15) is 0 Å². The number of aliphatic hydroxyl groups is 1. The Bertz CT molecular complexity index is 1050. The molecule has 3 rings (SSSR count). The summed E-state index contributed by atoms with van der Waals surface area (Å²) < 4.78 is 11.0. The standard InChI is InChI=1S/C29H34O5/c1-20-26(33-2)18-25(19-27(20)34-3)29(32)24(14-8-11-21-9-5-4-6-10-21)16-22-12-7-13-23(15-22)17-28(30)31/h4-7,9-10,12-13,15,18-19,24,29,32H,8,11,14,16-17H2,1-3H3,(H,30,31)/t24-,29?/m1/s1. The molecule has 0 aromatic heterocycles. The SMILES string of the molecule is COc1cc(C(O)[C@H](CCCc2ccccc2)Cc2cccc(CC(=O)O)c2)cc(OC)c1C. The van der Waals surface area contributed by atoms with Crippen LogP contribution >= 0.6 is 0 Å². The van der Waals surface area contributed by atoms with E-state index in [0.717, 1.165) is 41.5 Å². The molecule has 3 aromatic rings. The number of hydrogen-bond acceptors (Lipinski definition) is 4. The lowest BCUT2D eigenvalue weighted by molar-refractivity contribution is -0.136. The highest BCUT2D eigenvalue weighted by atomic mass is 16.5. The highest BCUT2D eigenvalue weighted by molar-refractivity contribution is 5.70. The number of hydrogen-bond donors (Lipinski definition) is 2. The van der Waals surface area contributed by atoms with E-state index in [9.17, 15) is 9.90 Å². The minimum absolute atomic E-state index is 0.0125. The fraction of sp³-hybridized carbons (Fsp3) is 0.345. The number of carboxylic acid groups (broad SMARTS) is 1. The van der Waals surface area contributed by atoms with Gasteiger partial charge in [0.2, 0.25) is 0 Å². The lowest BCUT2D eigenvalue weighted by Gasteiger charge is -2.25. The Morgan fingerprint density at radius 3 is 2.12 bits per heavy atom. The molecule has 180 valence electrons. The molecule has 34 heavy (non-hydrogen) atoms. The molecule has 2 N–H and O–H groups in total. The lowest BCUT2D eigenvalue weighted by atomic mass is 9.84. The first-order valence-electron chi connectivity index (χ1n) is 11.7. The Hall–Kier alpha value is -3.31. The second kappa shape index (κ2) is 12.2. The Morgan fingerprint density at radius 2 is 1.50 bits per heavy atom. The van der Waals surface area contributed by atoms with Crippen LogP contribution in [0.5, 0.6) is 11.5 Å². The highest BCUT2D eigenvalue weighted by Gasteiger charge is 2.24. The van der Waals surface area contributed by atoms with Crippen molar-refractivity contribution in [2.24, 2.45) is 5.92 Å². The maximum absolute atomic E-state index is 11.5. The fourth-order valence-electron chi connectivity index (χ4n) is 4.48. The van der Waals surface area contributed by atoms with Gasteiger partial charge in [-0.3, -0.25) is 4.79 Å². The smallest absolute Gasteiger partial charge is 0.307 e. The topological polar surface area (TPSA) is 76.0 Å². The van der Waals surface area contributed by atoms with Crippen LogP contribution in [-0.4, -0.2) is 30.4 Å². The number of rotatable bonds is 12. The molecule has 0 bridgehead atoms. The molecule has 0 spiro atoms. The predicted molar refractivity (Wildman–Crippen MR) is 134 cm³/mol. The van der Waals surface area contributed by atoms with Crippen LogP contribution in [0, 0.1) is 12.8 Å². The minimum Gasteiger partial charge on any atom is -0.496 e.